The van der Waals surface area contributed by atoms with Crippen molar-refractivity contribution in [3.8, 4) is 0 Å². The summed E-state index contributed by atoms with van der Waals surface area (Å²) in [5.74, 6) is 0.193. The molecule has 0 atom stereocenters. The van der Waals surface area contributed by atoms with Crippen LogP contribution in [0.25, 0.3) is 0 Å². The third-order valence-corrected chi connectivity index (χ3v) is 5.30. The van der Waals surface area contributed by atoms with Crippen molar-refractivity contribution in [1.29, 1.82) is 0 Å². The Morgan fingerprint density at radius 1 is 1.06 bits per heavy atom. The van der Waals surface area contributed by atoms with Gasteiger partial charge in [0.05, 0.1) is 10.6 Å². The van der Waals surface area contributed by atoms with E-state index in [0.717, 1.165) is 6.26 Å². The molecule has 1 N–H and O–H groups in total. The van der Waals surface area contributed by atoms with Gasteiger partial charge in [0.1, 0.15) is 0 Å². The average molecular weight is 291 g/mol. The van der Waals surface area contributed by atoms with E-state index in [4.69, 9.17) is 0 Å². The Balaban J connectivity index is 2.61. The monoisotopic (exact) mass is 291 g/mol. The summed E-state index contributed by atoms with van der Waals surface area (Å²) in [5, 5.41) is 2.94. The molecule has 1 aromatic rings. The van der Waals surface area contributed by atoms with Gasteiger partial charge in [-0.3, -0.25) is 0 Å². The van der Waals surface area contributed by atoms with Crippen molar-refractivity contribution < 1.29 is 16.8 Å². The van der Waals surface area contributed by atoms with E-state index >= 15 is 0 Å². The van der Waals surface area contributed by atoms with Crippen molar-refractivity contribution in [3.63, 3.8) is 0 Å². The zero-order chi connectivity index (χ0) is 13.8. The molecule has 7 heteroatoms. The molecule has 1 aromatic carbocycles. The molecule has 18 heavy (non-hydrogen) atoms. The first-order valence-corrected chi connectivity index (χ1v) is 9.20. The van der Waals surface area contributed by atoms with Crippen LogP contribution in [0.2, 0.25) is 0 Å². The second kappa shape index (κ2) is 5.71. The molecule has 0 saturated carbocycles. The zero-order valence-electron chi connectivity index (χ0n) is 10.4. The molecule has 5 nitrogen and oxygen atoms in total. The molecule has 0 unspecified atom stereocenters. The van der Waals surface area contributed by atoms with Crippen LogP contribution in [0.15, 0.2) is 29.2 Å². The topological polar surface area (TPSA) is 80.3 Å². The highest BCUT2D eigenvalue weighted by molar-refractivity contribution is 7.91. The molecule has 0 fully saturated rings. The average Bonchev–Trinajstić information content (AvgIpc) is 2.28. The number of nitrogens with one attached hydrogen (secondary N) is 1. The molecule has 0 aliphatic carbocycles. The molecule has 0 aromatic heterocycles. The minimum Gasteiger partial charge on any atom is -0.384 e. The molecular weight excluding hydrogens is 274 g/mol. The maximum Gasteiger partial charge on any atom is 0.175 e. The Morgan fingerprint density at radius 3 is 2.06 bits per heavy atom. The first-order chi connectivity index (χ1) is 8.24. The predicted octanol–water partition coefficient (Wildman–Crippen LogP) is 0.937. The summed E-state index contributed by atoms with van der Waals surface area (Å²) < 4.78 is 45.0. The molecule has 0 spiro atoms. The summed E-state index contributed by atoms with van der Waals surface area (Å²) in [5.41, 5.74) is 0.703. The largest absolute Gasteiger partial charge is 0.384 e. The fraction of sp³-hybridized carbons (Fsp3) is 0.455. The highest BCUT2D eigenvalue weighted by Gasteiger charge is 2.08. The van der Waals surface area contributed by atoms with E-state index in [0.29, 0.717) is 12.2 Å². The van der Waals surface area contributed by atoms with Crippen molar-refractivity contribution in [1.82, 2.24) is 0 Å². The Hall–Kier alpha value is -1.08. The summed E-state index contributed by atoms with van der Waals surface area (Å²) in [7, 11) is -6.17. The third-order valence-electron chi connectivity index (χ3n) is 2.46. The van der Waals surface area contributed by atoms with Crippen LogP contribution in [0.5, 0.6) is 0 Å². The van der Waals surface area contributed by atoms with Crippen LogP contribution >= 0.6 is 0 Å². The first-order valence-electron chi connectivity index (χ1n) is 5.49. The molecule has 102 valence electrons. The molecule has 0 saturated heterocycles. The van der Waals surface area contributed by atoms with E-state index < -0.39 is 19.7 Å². The van der Waals surface area contributed by atoms with Gasteiger partial charge in [-0.25, -0.2) is 16.8 Å². The summed E-state index contributed by atoms with van der Waals surface area (Å²) in [4.78, 5) is 0.245. The van der Waals surface area contributed by atoms with Crippen LogP contribution < -0.4 is 5.32 Å². The standard InChI is InChI=1S/C11H17NO4S2/c1-3-18(15,16)9-8-12-10-4-6-11(7-5-10)17(2,13)14/h4-7,12H,3,8-9H2,1-2H3. The fourth-order valence-corrected chi connectivity index (χ4v) is 2.65. The van der Waals surface area contributed by atoms with E-state index in [-0.39, 0.29) is 16.4 Å². The zero-order valence-corrected chi connectivity index (χ0v) is 12.0. The maximum atomic E-state index is 11.3. The second-order valence-corrected chi connectivity index (χ2v) is 8.45. The van der Waals surface area contributed by atoms with Gasteiger partial charge in [0.25, 0.3) is 0 Å². The molecule has 1 rings (SSSR count). The molecule has 0 aliphatic rings. The van der Waals surface area contributed by atoms with Gasteiger partial charge < -0.3 is 5.32 Å². The van der Waals surface area contributed by atoms with Crippen LogP contribution in [0.4, 0.5) is 5.69 Å². The van der Waals surface area contributed by atoms with E-state index in [1.54, 1.807) is 19.1 Å². The maximum absolute atomic E-state index is 11.3. The van der Waals surface area contributed by atoms with Crippen molar-refractivity contribution in [2.45, 2.75) is 11.8 Å². The molecule has 0 radical (unpaired) electrons. The van der Waals surface area contributed by atoms with E-state index in [1.807, 2.05) is 0 Å². The van der Waals surface area contributed by atoms with E-state index in [2.05, 4.69) is 5.32 Å². The Kier molecular flexibility index (Phi) is 4.75. The van der Waals surface area contributed by atoms with Crippen LogP contribution in [0.3, 0.4) is 0 Å². The molecule has 0 bridgehead atoms. The lowest BCUT2D eigenvalue weighted by Crippen LogP contribution is -2.17. The summed E-state index contributed by atoms with van der Waals surface area (Å²) in [6.07, 6.45) is 1.14. The van der Waals surface area contributed by atoms with Gasteiger partial charge in [0.15, 0.2) is 19.7 Å². The minimum atomic E-state index is -3.19. The van der Waals surface area contributed by atoms with E-state index in [9.17, 15) is 16.8 Å². The lowest BCUT2D eigenvalue weighted by atomic mass is 10.3. The van der Waals surface area contributed by atoms with Gasteiger partial charge in [-0.05, 0) is 24.3 Å². The van der Waals surface area contributed by atoms with Gasteiger partial charge in [0, 0.05) is 24.2 Å². The fourth-order valence-electron chi connectivity index (χ4n) is 1.32. The Bertz CT molecular complexity index is 588. The van der Waals surface area contributed by atoms with Gasteiger partial charge in [-0.1, -0.05) is 6.92 Å². The Labute approximate surface area is 108 Å². The number of anilines is 1. The predicted molar refractivity (Wildman–Crippen MR) is 72.4 cm³/mol. The Morgan fingerprint density at radius 2 is 1.61 bits per heavy atom. The smallest absolute Gasteiger partial charge is 0.175 e. The quantitative estimate of drug-likeness (QED) is 0.843. The van der Waals surface area contributed by atoms with Crippen LogP contribution in [-0.2, 0) is 19.7 Å². The number of hydrogen-bond donors (Lipinski definition) is 1. The van der Waals surface area contributed by atoms with Gasteiger partial charge in [-0.2, -0.15) is 0 Å². The number of sulfone groups is 2. The van der Waals surface area contributed by atoms with Crippen LogP contribution in [0.1, 0.15) is 6.92 Å². The first kappa shape index (κ1) is 15.0. The van der Waals surface area contributed by atoms with Gasteiger partial charge in [-0.15, -0.1) is 0 Å². The molecule has 0 aliphatic heterocycles. The number of hydrogen-bond acceptors (Lipinski definition) is 5. The number of rotatable bonds is 6. The van der Waals surface area contributed by atoms with Crippen LogP contribution in [0, 0.1) is 0 Å². The SMILES string of the molecule is CCS(=O)(=O)CCNc1ccc(S(C)(=O)=O)cc1. The highest BCUT2D eigenvalue weighted by Crippen LogP contribution is 2.13. The van der Waals surface area contributed by atoms with Crippen molar-refractivity contribution >= 4 is 25.4 Å². The lowest BCUT2D eigenvalue weighted by molar-refractivity contribution is 0.597. The molecular formula is C11H17NO4S2. The van der Waals surface area contributed by atoms with Gasteiger partial charge in [0.2, 0.25) is 0 Å². The van der Waals surface area contributed by atoms with E-state index in [1.165, 1.54) is 12.1 Å². The summed E-state index contributed by atoms with van der Waals surface area (Å²) >= 11 is 0. The van der Waals surface area contributed by atoms with Crippen molar-refractivity contribution in [2.75, 3.05) is 29.6 Å². The number of benzene rings is 1. The normalized spacial score (nSPS) is 12.3. The molecule has 0 heterocycles. The van der Waals surface area contributed by atoms with Crippen molar-refractivity contribution in [3.05, 3.63) is 24.3 Å². The third kappa shape index (κ3) is 4.66. The van der Waals surface area contributed by atoms with Crippen molar-refractivity contribution in [2.24, 2.45) is 0 Å². The summed E-state index contributed by atoms with van der Waals surface area (Å²) in [6.45, 7) is 1.92. The van der Waals surface area contributed by atoms with Crippen LogP contribution in [-0.4, -0.2) is 41.1 Å². The highest BCUT2D eigenvalue weighted by atomic mass is 32.2. The summed E-state index contributed by atoms with van der Waals surface area (Å²) in [6, 6.07) is 6.22. The minimum absolute atomic E-state index is 0.0668. The molecule has 0 amide bonds. The second-order valence-electron chi connectivity index (χ2n) is 3.96. The van der Waals surface area contributed by atoms with Gasteiger partial charge >= 0.3 is 0 Å². The lowest BCUT2D eigenvalue weighted by Gasteiger charge is -2.07.